The predicted molar refractivity (Wildman–Crippen MR) is 68.9 cm³/mol. The molecule has 3 atom stereocenters. The number of benzene rings is 1. The van der Waals surface area contributed by atoms with Gasteiger partial charge in [0, 0.05) is 30.7 Å². The van der Waals surface area contributed by atoms with Crippen molar-refractivity contribution in [3.05, 3.63) is 30.1 Å². The maximum absolute atomic E-state index is 13.3. The van der Waals surface area contributed by atoms with Gasteiger partial charge < -0.3 is 15.7 Å². The Labute approximate surface area is 106 Å². The maximum atomic E-state index is 13.3. The van der Waals surface area contributed by atoms with Crippen LogP contribution in [-0.2, 0) is 0 Å². The van der Waals surface area contributed by atoms with Crippen molar-refractivity contribution in [1.82, 2.24) is 0 Å². The third-order valence-electron chi connectivity index (χ3n) is 4.58. The van der Waals surface area contributed by atoms with Crippen LogP contribution in [0.5, 0.6) is 0 Å². The fourth-order valence-corrected chi connectivity index (χ4v) is 3.44. The van der Waals surface area contributed by atoms with Gasteiger partial charge in [-0.25, -0.2) is 4.39 Å². The van der Waals surface area contributed by atoms with Crippen molar-refractivity contribution in [2.45, 2.75) is 30.9 Å². The molecule has 4 heteroatoms. The Hall–Kier alpha value is -1.13. The summed E-state index contributed by atoms with van der Waals surface area (Å²) in [6, 6.07) is 7.13. The van der Waals surface area contributed by atoms with E-state index in [1.165, 1.54) is 6.07 Å². The molecule has 0 aromatic heterocycles. The number of hydrogen-bond acceptors (Lipinski definition) is 3. The number of fused-ring (bicyclic) bond motifs is 2. The van der Waals surface area contributed by atoms with Gasteiger partial charge in [0.15, 0.2) is 0 Å². The lowest BCUT2D eigenvalue weighted by atomic mass is 9.76. The van der Waals surface area contributed by atoms with Gasteiger partial charge in [0.1, 0.15) is 5.82 Å². The SMILES string of the molecule is NCC1(O)CCC2CC1CN2c1cccc(F)c1. The van der Waals surface area contributed by atoms with E-state index >= 15 is 0 Å². The Morgan fingerprint density at radius 3 is 3.06 bits per heavy atom. The second kappa shape index (κ2) is 4.21. The molecule has 1 saturated carbocycles. The average Bonchev–Trinajstić information content (AvgIpc) is 2.75. The number of hydrogen-bond donors (Lipinski definition) is 2. The molecule has 1 saturated heterocycles. The molecule has 1 aliphatic carbocycles. The fraction of sp³-hybridized carbons (Fsp3) is 0.571. The molecule has 2 aliphatic rings. The molecule has 3 unspecified atom stereocenters. The van der Waals surface area contributed by atoms with Crippen molar-refractivity contribution in [2.24, 2.45) is 11.7 Å². The van der Waals surface area contributed by atoms with Crippen molar-refractivity contribution < 1.29 is 9.50 Å². The predicted octanol–water partition coefficient (Wildman–Crippen LogP) is 1.50. The number of nitrogens with two attached hydrogens (primary N) is 1. The summed E-state index contributed by atoms with van der Waals surface area (Å²) in [6.45, 7) is 1.10. The highest BCUT2D eigenvalue weighted by atomic mass is 19.1. The van der Waals surface area contributed by atoms with Crippen molar-refractivity contribution in [3.63, 3.8) is 0 Å². The monoisotopic (exact) mass is 250 g/mol. The Balaban J connectivity index is 1.85. The molecular formula is C14H19FN2O. The Kier molecular flexibility index (Phi) is 2.79. The normalized spacial score (nSPS) is 34.9. The van der Waals surface area contributed by atoms with E-state index in [1.54, 1.807) is 12.1 Å². The number of aliphatic hydroxyl groups is 1. The van der Waals surface area contributed by atoms with Gasteiger partial charge in [-0.3, -0.25) is 0 Å². The summed E-state index contributed by atoms with van der Waals surface area (Å²) in [7, 11) is 0. The van der Waals surface area contributed by atoms with E-state index in [-0.39, 0.29) is 11.7 Å². The number of rotatable bonds is 2. The van der Waals surface area contributed by atoms with Crippen LogP contribution in [0.1, 0.15) is 19.3 Å². The first kappa shape index (κ1) is 11.9. The zero-order chi connectivity index (χ0) is 12.8. The molecule has 3 rings (SSSR count). The zero-order valence-corrected chi connectivity index (χ0v) is 10.3. The van der Waals surface area contributed by atoms with Crippen molar-refractivity contribution in [3.8, 4) is 0 Å². The summed E-state index contributed by atoms with van der Waals surface area (Å²) in [6.07, 6.45) is 2.65. The molecule has 98 valence electrons. The van der Waals surface area contributed by atoms with Crippen LogP contribution in [0.3, 0.4) is 0 Å². The minimum atomic E-state index is -0.724. The summed E-state index contributed by atoms with van der Waals surface area (Å²) in [4.78, 5) is 2.22. The van der Waals surface area contributed by atoms with E-state index in [4.69, 9.17) is 5.73 Å². The molecule has 1 aliphatic heterocycles. The summed E-state index contributed by atoms with van der Waals surface area (Å²) in [5, 5.41) is 10.5. The fourth-order valence-electron chi connectivity index (χ4n) is 3.44. The highest BCUT2D eigenvalue weighted by molar-refractivity contribution is 5.49. The van der Waals surface area contributed by atoms with Crippen LogP contribution in [0.4, 0.5) is 10.1 Å². The molecule has 2 fully saturated rings. The zero-order valence-electron chi connectivity index (χ0n) is 10.3. The van der Waals surface area contributed by atoms with E-state index in [9.17, 15) is 9.50 Å². The maximum Gasteiger partial charge on any atom is 0.125 e. The van der Waals surface area contributed by atoms with Gasteiger partial charge in [-0.15, -0.1) is 0 Å². The molecule has 3 N–H and O–H groups in total. The highest BCUT2D eigenvalue weighted by Gasteiger charge is 2.48. The molecule has 1 aromatic rings. The molecular weight excluding hydrogens is 231 g/mol. The van der Waals surface area contributed by atoms with Crippen molar-refractivity contribution in [2.75, 3.05) is 18.0 Å². The lowest BCUT2D eigenvalue weighted by Crippen LogP contribution is -2.47. The van der Waals surface area contributed by atoms with E-state index < -0.39 is 5.60 Å². The van der Waals surface area contributed by atoms with Gasteiger partial charge in [0.05, 0.1) is 5.60 Å². The first-order valence-electron chi connectivity index (χ1n) is 6.57. The third-order valence-corrected chi connectivity index (χ3v) is 4.58. The Morgan fingerprint density at radius 2 is 2.33 bits per heavy atom. The van der Waals surface area contributed by atoms with E-state index in [0.29, 0.717) is 12.6 Å². The number of anilines is 1. The van der Waals surface area contributed by atoms with Crippen molar-refractivity contribution in [1.29, 1.82) is 0 Å². The molecule has 0 spiro atoms. The summed E-state index contributed by atoms with van der Waals surface area (Å²) >= 11 is 0. The second-order valence-corrected chi connectivity index (χ2v) is 5.57. The van der Waals surface area contributed by atoms with Crippen LogP contribution in [0.15, 0.2) is 24.3 Å². The standard InChI is InChI=1S/C14H19FN2O/c15-11-2-1-3-12(7-11)17-8-10-6-13(17)4-5-14(10,18)9-16/h1-3,7,10,13,18H,4-6,8-9,16H2. The molecule has 0 amide bonds. The van der Waals surface area contributed by atoms with Crippen LogP contribution in [0.2, 0.25) is 0 Å². The lowest BCUT2D eigenvalue weighted by molar-refractivity contribution is -0.0246. The van der Waals surface area contributed by atoms with Gasteiger partial charge in [-0.2, -0.15) is 0 Å². The first-order valence-corrected chi connectivity index (χ1v) is 6.57. The summed E-state index contributed by atoms with van der Waals surface area (Å²) < 4.78 is 13.3. The van der Waals surface area contributed by atoms with Crippen LogP contribution < -0.4 is 10.6 Å². The minimum Gasteiger partial charge on any atom is -0.388 e. The topological polar surface area (TPSA) is 49.5 Å². The molecule has 18 heavy (non-hydrogen) atoms. The van der Waals surface area contributed by atoms with Crippen molar-refractivity contribution >= 4 is 5.69 Å². The van der Waals surface area contributed by atoms with Crippen LogP contribution in [0, 0.1) is 11.7 Å². The molecule has 0 radical (unpaired) electrons. The van der Waals surface area contributed by atoms with E-state index in [2.05, 4.69) is 4.90 Å². The van der Waals surface area contributed by atoms with Gasteiger partial charge in [0.2, 0.25) is 0 Å². The largest absolute Gasteiger partial charge is 0.388 e. The Bertz CT molecular complexity index is 453. The quantitative estimate of drug-likeness (QED) is 0.836. The number of halogens is 1. The molecule has 2 bridgehead atoms. The van der Waals surface area contributed by atoms with Crippen LogP contribution >= 0.6 is 0 Å². The minimum absolute atomic E-state index is 0.206. The second-order valence-electron chi connectivity index (χ2n) is 5.57. The van der Waals surface area contributed by atoms with E-state index in [0.717, 1.165) is 31.5 Å². The van der Waals surface area contributed by atoms with Gasteiger partial charge in [0.25, 0.3) is 0 Å². The Morgan fingerprint density at radius 1 is 1.50 bits per heavy atom. The molecule has 1 heterocycles. The molecule has 3 nitrogen and oxygen atoms in total. The van der Waals surface area contributed by atoms with Gasteiger partial charge in [-0.1, -0.05) is 6.07 Å². The first-order chi connectivity index (χ1) is 8.62. The summed E-state index contributed by atoms with van der Waals surface area (Å²) in [5.74, 6) is 0.00699. The smallest absolute Gasteiger partial charge is 0.125 e. The lowest BCUT2D eigenvalue weighted by Gasteiger charge is -2.35. The number of nitrogens with zero attached hydrogens (tertiary/aromatic N) is 1. The van der Waals surface area contributed by atoms with E-state index in [1.807, 2.05) is 6.07 Å². The van der Waals surface area contributed by atoms with Crippen LogP contribution in [-0.4, -0.2) is 29.8 Å². The van der Waals surface area contributed by atoms with Gasteiger partial charge in [-0.05, 0) is 37.5 Å². The summed E-state index contributed by atoms with van der Waals surface area (Å²) in [5.41, 5.74) is 5.90. The van der Waals surface area contributed by atoms with Crippen LogP contribution in [0.25, 0.3) is 0 Å². The third kappa shape index (κ3) is 1.80. The highest BCUT2D eigenvalue weighted by Crippen LogP contribution is 2.43. The molecule has 1 aromatic carbocycles. The average molecular weight is 250 g/mol. The van der Waals surface area contributed by atoms with Gasteiger partial charge >= 0.3 is 0 Å².